The van der Waals surface area contributed by atoms with Crippen molar-refractivity contribution in [2.24, 2.45) is 0 Å². The number of likely N-dealkylation sites (tertiary alicyclic amines) is 1. The predicted molar refractivity (Wildman–Crippen MR) is 116 cm³/mol. The van der Waals surface area contributed by atoms with Crippen LogP contribution >= 0.6 is 0 Å². The number of nitrogens with one attached hydrogen (secondary N) is 2. The van der Waals surface area contributed by atoms with Gasteiger partial charge in [0.05, 0.1) is 18.1 Å². The quantitative estimate of drug-likeness (QED) is 0.594. The van der Waals surface area contributed by atoms with Gasteiger partial charge in [-0.1, -0.05) is 30.3 Å². The van der Waals surface area contributed by atoms with Crippen LogP contribution in [-0.2, 0) is 11.2 Å². The first-order valence-electron chi connectivity index (χ1n) is 10.6. The molecule has 1 aromatic carbocycles. The van der Waals surface area contributed by atoms with Crippen LogP contribution in [0.5, 0.6) is 0 Å². The van der Waals surface area contributed by atoms with E-state index >= 15 is 0 Å². The zero-order valence-electron chi connectivity index (χ0n) is 17.5. The second-order valence-electron chi connectivity index (χ2n) is 7.78. The normalized spacial score (nSPS) is 15.2. The van der Waals surface area contributed by atoms with E-state index in [4.69, 9.17) is 8.83 Å². The molecule has 3 amide bonds. The maximum Gasteiger partial charge on any atom is 0.287 e. The van der Waals surface area contributed by atoms with Gasteiger partial charge in [0.1, 0.15) is 12.3 Å². The van der Waals surface area contributed by atoms with Crippen LogP contribution in [0.1, 0.15) is 39.3 Å². The fourth-order valence-electron chi connectivity index (χ4n) is 3.79. The number of furan rings is 2. The minimum Gasteiger partial charge on any atom is -0.472 e. The van der Waals surface area contributed by atoms with Gasteiger partial charge in [-0.15, -0.1) is 0 Å². The van der Waals surface area contributed by atoms with Crippen LogP contribution in [0.2, 0.25) is 0 Å². The van der Waals surface area contributed by atoms with Crippen molar-refractivity contribution in [1.29, 1.82) is 0 Å². The van der Waals surface area contributed by atoms with Crippen LogP contribution in [0.15, 0.2) is 76.2 Å². The molecule has 0 radical (unpaired) electrons. The molecule has 1 saturated heterocycles. The molecule has 2 N–H and O–H groups in total. The molecule has 3 aromatic rings. The third-order valence-corrected chi connectivity index (χ3v) is 5.55. The Kier molecular flexibility index (Phi) is 6.69. The van der Waals surface area contributed by atoms with Crippen LogP contribution in [0, 0.1) is 0 Å². The highest BCUT2D eigenvalue weighted by Gasteiger charge is 2.28. The van der Waals surface area contributed by atoms with E-state index in [1.807, 2.05) is 30.3 Å². The smallest absolute Gasteiger partial charge is 0.287 e. The largest absolute Gasteiger partial charge is 0.472 e. The Labute approximate surface area is 185 Å². The van der Waals surface area contributed by atoms with Gasteiger partial charge in [-0.05, 0) is 36.6 Å². The monoisotopic (exact) mass is 435 g/mol. The number of piperidine rings is 1. The number of hydrogen-bond donors (Lipinski definition) is 2. The standard InChI is InChI=1S/C24H25N3O5/c28-22(25-19-8-11-27(12-9-19)24(30)18-10-14-31-16-18)20(15-17-5-2-1-3-6-17)26-23(29)21-7-4-13-32-21/h1-7,10,13-14,16,19-20H,8-9,11-12,15H2,(H,25,28)(H,26,29)/t20-/m1/s1. The summed E-state index contributed by atoms with van der Waals surface area (Å²) < 4.78 is 10.1. The number of amides is 3. The number of rotatable bonds is 7. The minimum atomic E-state index is -0.749. The summed E-state index contributed by atoms with van der Waals surface area (Å²) in [6.45, 7) is 1.08. The summed E-state index contributed by atoms with van der Waals surface area (Å²) in [4.78, 5) is 39.8. The molecule has 2 aromatic heterocycles. The Bertz CT molecular complexity index is 1020. The number of hydrogen-bond acceptors (Lipinski definition) is 5. The molecule has 0 aliphatic carbocycles. The molecule has 4 rings (SSSR count). The Morgan fingerprint density at radius 2 is 1.78 bits per heavy atom. The second kappa shape index (κ2) is 10.00. The van der Waals surface area contributed by atoms with Gasteiger partial charge in [0.25, 0.3) is 11.8 Å². The molecule has 1 aliphatic heterocycles. The minimum absolute atomic E-state index is 0.0730. The van der Waals surface area contributed by atoms with E-state index in [1.165, 1.54) is 18.8 Å². The molecule has 0 bridgehead atoms. The van der Waals surface area contributed by atoms with Crippen LogP contribution in [0.4, 0.5) is 0 Å². The van der Waals surface area contributed by atoms with Gasteiger partial charge >= 0.3 is 0 Å². The second-order valence-corrected chi connectivity index (χ2v) is 7.78. The molecule has 0 saturated carbocycles. The van der Waals surface area contributed by atoms with E-state index in [0.717, 1.165) is 5.56 Å². The van der Waals surface area contributed by atoms with Crippen LogP contribution < -0.4 is 10.6 Å². The van der Waals surface area contributed by atoms with Crippen molar-refractivity contribution in [3.8, 4) is 0 Å². The van der Waals surface area contributed by atoms with Crippen LogP contribution in [0.25, 0.3) is 0 Å². The Hall–Kier alpha value is -3.81. The predicted octanol–water partition coefficient (Wildman–Crippen LogP) is 2.63. The number of carbonyl (C=O) groups is 3. The molecule has 0 unspecified atom stereocenters. The molecule has 32 heavy (non-hydrogen) atoms. The van der Waals surface area contributed by atoms with Crippen molar-refractivity contribution in [3.63, 3.8) is 0 Å². The summed E-state index contributed by atoms with van der Waals surface area (Å²) in [5.41, 5.74) is 1.46. The van der Waals surface area contributed by atoms with Gasteiger partial charge in [-0.2, -0.15) is 0 Å². The Morgan fingerprint density at radius 3 is 2.44 bits per heavy atom. The van der Waals surface area contributed by atoms with Gasteiger partial charge in [0, 0.05) is 25.6 Å². The van der Waals surface area contributed by atoms with E-state index in [1.54, 1.807) is 23.1 Å². The molecular weight excluding hydrogens is 410 g/mol. The van der Waals surface area contributed by atoms with Crippen molar-refractivity contribution in [1.82, 2.24) is 15.5 Å². The highest BCUT2D eigenvalue weighted by molar-refractivity contribution is 5.96. The van der Waals surface area contributed by atoms with Crippen molar-refractivity contribution in [2.45, 2.75) is 31.3 Å². The van der Waals surface area contributed by atoms with E-state index in [2.05, 4.69) is 10.6 Å². The topological polar surface area (TPSA) is 105 Å². The fraction of sp³-hybridized carbons (Fsp3) is 0.292. The van der Waals surface area contributed by atoms with Gasteiger partial charge in [-0.3, -0.25) is 14.4 Å². The van der Waals surface area contributed by atoms with Gasteiger partial charge in [-0.25, -0.2) is 0 Å². The van der Waals surface area contributed by atoms with E-state index in [0.29, 0.717) is 37.9 Å². The molecule has 0 spiro atoms. The first-order valence-corrected chi connectivity index (χ1v) is 10.6. The molecule has 8 heteroatoms. The molecular formula is C24H25N3O5. The number of carbonyl (C=O) groups excluding carboxylic acids is 3. The molecule has 3 heterocycles. The van der Waals surface area contributed by atoms with E-state index < -0.39 is 11.9 Å². The molecule has 166 valence electrons. The van der Waals surface area contributed by atoms with Crippen molar-refractivity contribution in [2.75, 3.05) is 13.1 Å². The maximum absolute atomic E-state index is 13.1. The lowest BCUT2D eigenvalue weighted by molar-refractivity contribution is -0.123. The van der Waals surface area contributed by atoms with Crippen LogP contribution in [-0.4, -0.2) is 47.8 Å². The maximum atomic E-state index is 13.1. The lowest BCUT2D eigenvalue weighted by atomic mass is 10.0. The van der Waals surface area contributed by atoms with E-state index in [9.17, 15) is 14.4 Å². The first-order chi connectivity index (χ1) is 15.6. The first kappa shape index (κ1) is 21.4. The molecule has 1 atom stereocenters. The lowest BCUT2D eigenvalue weighted by Crippen LogP contribution is -2.53. The highest BCUT2D eigenvalue weighted by Crippen LogP contribution is 2.15. The zero-order valence-corrected chi connectivity index (χ0v) is 17.5. The summed E-state index contributed by atoms with van der Waals surface area (Å²) in [5.74, 6) is -0.613. The SMILES string of the molecule is O=C(N[C@H](Cc1ccccc1)C(=O)NC1CCN(C(=O)c2ccoc2)CC1)c1ccco1. The third kappa shape index (κ3) is 5.26. The van der Waals surface area contributed by atoms with Crippen molar-refractivity contribution in [3.05, 3.63) is 84.2 Å². The summed E-state index contributed by atoms with van der Waals surface area (Å²) in [5, 5.41) is 5.83. The lowest BCUT2D eigenvalue weighted by Gasteiger charge is -2.33. The molecule has 1 fully saturated rings. The number of benzene rings is 1. The van der Waals surface area contributed by atoms with Crippen molar-refractivity contribution < 1.29 is 23.2 Å². The third-order valence-electron chi connectivity index (χ3n) is 5.55. The average Bonchev–Trinajstić information content (AvgIpc) is 3.54. The summed E-state index contributed by atoms with van der Waals surface area (Å²) >= 11 is 0. The van der Waals surface area contributed by atoms with Gasteiger partial charge in [0.2, 0.25) is 5.91 Å². The Balaban J connectivity index is 1.36. The summed E-state index contributed by atoms with van der Waals surface area (Å²) in [7, 11) is 0. The van der Waals surface area contributed by atoms with Gasteiger partial charge in [0.15, 0.2) is 5.76 Å². The van der Waals surface area contributed by atoms with Crippen molar-refractivity contribution >= 4 is 17.7 Å². The number of nitrogens with zero attached hydrogens (tertiary/aromatic N) is 1. The highest BCUT2D eigenvalue weighted by atomic mass is 16.3. The average molecular weight is 435 g/mol. The summed E-state index contributed by atoms with van der Waals surface area (Å²) in [6.07, 6.45) is 5.96. The van der Waals surface area contributed by atoms with Crippen LogP contribution in [0.3, 0.4) is 0 Å². The fourth-order valence-corrected chi connectivity index (χ4v) is 3.79. The Morgan fingerprint density at radius 1 is 1.00 bits per heavy atom. The summed E-state index contributed by atoms with van der Waals surface area (Å²) in [6, 6.07) is 13.5. The zero-order chi connectivity index (χ0) is 22.3. The van der Waals surface area contributed by atoms with Gasteiger partial charge < -0.3 is 24.4 Å². The van der Waals surface area contributed by atoms with E-state index in [-0.39, 0.29) is 23.6 Å². The molecule has 8 nitrogen and oxygen atoms in total. The molecule has 1 aliphatic rings.